The lowest BCUT2D eigenvalue weighted by molar-refractivity contribution is 0.0529. The van der Waals surface area contributed by atoms with Crippen molar-refractivity contribution < 1.29 is 9.47 Å². The molecule has 1 aliphatic heterocycles. The summed E-state index contributed by atoms with van der Waals surface area (Å²) in [6.45, 7) is 8.56. The van der Waals surface area contributed by atoms with Crippen LogP contribution in [0.1, 0.15) is 18.1 Å². The van der Waals surface area contributed by atoms with Crippen LogP contribution in [0.25, 0.3) is 0 Å². The fraction of sp³-hybridized carbons (Fsp3) is 0.455. The maximum atomic E-state index is 5.73. The van der Waals surface area contributed by atoms with Gasteiger partial charge in [-0.3, -0.25) is 4.99 Å². The number of morpholine rings is 1. The molecule has 2 aromatic rings. The highest BCUT2D eigenvalue weighted by Crippen LogP contribution is 2.15. The minimum atomic E-state index is 0.247. The van der Waals surface area contributed by atoms with Crippen molar-refractivity contribution in [2.45, 2.75) is 26.5 Å². The molecule has 1 saturated heterocycles. The van der Waals surface area contributed by atoms with Crippen molar-refractivity contribution in [3.05, 3.63) is 53.7 Å². The van der Waals surface area contributed by atoms with Crippen LogP contribution in [0.3, 0.4) is 0 Å². The van der Waals surface area contributed by atoms with E-state index in [-0.39, 0.29) is 6.10 Å². The summed E-state index contributed by atoms with van der Waals surface area (Å²) in [7, 11) is 1.76. The molecule has 1 fully saturated rings. The Morgan fingerprint density at radius 3 is 2.76 bits per heavy atom. The lowest BCUT2D eigenvalue weighted by Gasteiger charge is -2.32. The predicted molar refractivity (Wildman–Crippen MR) is 117 cm³/mol. The minimum absolute atomic E-state index is 0.247. The maximum absolute atomic E-state index is 5.73. The van der Waals surface area contributed by atoms with Gasteiger partial charge in [-0.2, -0.15) is 0 Å². The normalized spacial score (nSPS) is 17.1. The predicted octanol–water partition coefficient (Wildman–Crippen LogP) is 2.36. The molecule has 1 aliphatic rings. The second kappa shape index (κ2) is 10.7. The van der Waals surface area contributed by atoms with Crippen molar-refractivity contribution in [2.75, 3.05) is 44.8 Å². The highest BCUT2D eigenvalue weighted by molar-refractivity contribution is 5.79. The van der Waals surface area contributed by atoms with E-state index in [0.717, 1.165) is 42.8 Å². The van der Waals surface area contributed by atoms with E-state index < -0.39 is 0 Å². The zero-order valence-electron chi connectivity index (χ0n) is 17.5. The van der Waals surface area contributed by atoms with E-state index in [0.29, 0.717) is 19.7 Å². The third-order valence-electron chi connectivity index (χ3n) is 4.74. The average Bonchev–Trinajstić information content (AvgIpc) is 2.75. The van der Waals surface area contributed by atoms with Gasteiger partial charge in [0.15, 0.2) is 5.96 Å². The molecule has 2 heterocycles. The van der Waals surface area contributed by atoms with Crippen molar-refractivity contribution in [3.8, 4) is 5.75 Å². The number of guanidine groups is 1. The number of aliphatic imine (C=N–C) groups is 1. The van der Waals surface area contributed by atoms with E-state index in [4.69, 9.17) is 9.47 Å². The summed E-state index contributed by atoms with van der Waals surface area (Å²) in [6.07, 6.45) is 2.16. The largest absolute Gasteiger partial charge is 0.492 e. The van der Waals surface area contributed by atoms with Crippen LogP contribution < -0.4 is 20.3 Å². The molecule has 1 aromatic heterocycles. The van der Waals surface area contributed by atoms with Gasteiger partial charge in [0, 0.05) is 32.9 Å². The summed E-state index contributed by atoms with van der Waals surface area (Å²) in [4.78, 5) is 11.1. The molecule has 7 nitrogen and oxygen atoms in total. The summed E-state index contributed by atoms with van der Waals surface area (Å²) < 4.78 is 11.3. The Morgan fingerprint density at radius 1 is 1.24 bits per heavy atom. The van der Waals surface area contributed by atoms with Crippen LogP contribution in [0.15, 0.2) is 47.6 Å². The summed E-state index contributed by atoms with van der Waals surface area (Å²) in [6, 6.07) is 12.2. The summed E-state index contributed by atoms with van der Waals surface area (Å²) in [5, 5.41) is 6.57. The number of anilines is 1. The number of rotatable bonds is 7. The third kappa shape index (κ3) is 6.64. The van der Waals surface area contributed by atoms with Crippen LogP contribution in [0.5, 0.6) is 5.75 Å². The average molecular weight is 398 g/mol. The molecule has 0 aliphatic carbocycles. The zero-order valence-corrected chi connectivity index (χ0v) is 17.5. The lowest BCUT2D eigenvalue weighted by Crippen LogP contribution is -2.41. The van der Waals surface area contributed by atoms with Crippen LogP contribution in [0.4, 0.5) is 5.82 Å². The monoisotopic (exact) mass is 397 g/mol. The van der Waals surface area contributed by atoms with Crippen LogP contribution >= 0.6 is 0 Å². The second-order valence-electron chi connectivity index (χ2n) is 7.17. The van der Waals surface area contributed by atoms with Crippen LogP contribution in [0.2, 0.25) is 0 Å². The van der Waals surface area contributed by atoms with E-state index in [1.165, 1.54) is 5.56 Å². The molecule has 1 atom stereocenters. The molecule has 156 valence electrons. The van der Waals surface area contributed by atoms with Gasteiger partial charge in [-0.05, 0) is 37.6 Å². The topological polar surface area (TPSA) is 71.0 Å². The molecule has 7 heteroatoms. The van der Waals surface area contributed by atoms with E-state index in [9.17, 15) is 0 Å². The van der Waals surface area contributed by atoms with E-state index >= 15 is 0 Å². The molecular weight excluding hydrogens is 366 g/mol. The SMILES string of the molecule is CN=C(NCCOc1ccc(C)cc1)NCc1ccc(N2CCOC(C)C2)nc1. The standard InChI is InChI=1S/C22H31N5O2/c1-17-4-7-20(8-5-17)29-12-10-24-22(23-3)26-15-19-6-9-21(25-14-19)27-11-13-28-18(2)16-27/h4-9,14,18H,10-13,15-16H2,1-3H3,(H2,23,24,26). The fourth-order valence-electron chi connectivity index (χ4n) is 3.11. The third-order valence-corrected chi connectivity index (χ3v) is 4.74. The summed E-state index contributed by atoms with van der Waals surface area (Å²) in [5.41, 5.74) is 2.33. The number of aromatic nitrogens is 1. The first-order valence-corrected chi connectivity index (χ1v) is 10.1. The van der Waals surface area contributed by atoms with Gasteiger partial charge >= 0.3 is 0 Å². The number of aryl methyl sites for hydroxylation is 1. The van der Waals surface area contributed by atoms with Gasteiger partial charge < -0.3 is 25.0 Å². The smallest absolute Gasteiger partial charge is 0.191 e. The number of ether oxygens (including phenoxy) is 2. The first-order valence-electron chi connectivity index (χ1n) is 10.1. The van der Waals surface area contributed by atoms with Gasteiger partial charge in [0.05, 0.1) is 19.3 Å². The lowest BCUT2D eigenvalue weighted by atomic mass is 10.2. The number of hydrogen-bond acceptors (Lipinski definition) is 5. The molecule has 2 N–H and O–H groups in total. The first kappa shape index (κ1) is 20.9. The zero-order chi connectivity index (χ0) is 20.5. The molecule has 0 spiro atoms. The molecule has 3 rings (SSSR count). The van der Waals surface area contributed by atoms with Gasteiger partial charge in [-0.15, -0.1) is 0 Å². The van der Waals surface area contributed by atoms with Crippen molar-refractivity contribution >= 4 is 11.8 Å². The highest BCUT2D eigenvalue weighted by Gasteiger charge is 2.17. The molecule has 1 unspecified atom stereocenters. The van der Waals surface area contributed by atoms with Gasteiger partial charge in [0.1, 0.15) is 18.2 Å². The number of nitrogens with one attached hydrogen (secondary N) is 2. The Hall–Kier alpha value is -2.80. The maximum Gasteiger partial charge on any atom is 0.191 e. The molecule has 0 amide bonds. The van der Waals surface area contributed by atoms with E-state index in [1.807, 2.05) is 30.5 Å². The number of benzene rings is 1. The van der Waals surface area contributed by atoms with Crippen molar-refractivity contribution in [1.29, 1.82) is 0 Å². The molecule has 0 saturated carbocycles. The van der Waals surface area contributed by atoms with Gasteiger partial charge in [-0.1, -0.05) is 23.8 Å². The molecule has 0 radical (unpaired) electrons. The quantitative estimate of drug-likeness (QED) is 0.425. The second-order valence-corrected chi connectivity index (χ2v) is 7.17. The minimum Gasteiger partial charge on any atom is -0.492 e. The Balaban J connectivity index is 1.39. The van der Waals surface area contributed by atoms with E-state index in [1.54, 1.807) is 7.05 Å². The summed E-state index contributed by atoms with van der Waals surface area (Å²) >= 11 is 0. The van der Waals surface area contributed by atoms with Crippen molar-refractivity contribution in [2.24, 2.45) is 4.99 Å². The van der Waals surface area contributed by atoms with Gasteiger partial charge in [0.25, 0.3) is 0 Å². The fourth-order valence-corrected chi connectivity index (χ4v) is 3.11. The number of nitrogens with zero attached hydrogens (tertiary/aromatic N) is 3. The Morgan fingerprint density at radius 2 is 2.07 bits per heavy atom. The molecule has 1 aromatic carbocycles. The summed E-state index contributed by atoms with van der Waals surface area (Å²) in [5.74, 6) is 2.62. The first-order chi connectivity index (χ1) is 14.1. The van der Waals surface area contributed by atoms with Crippen LogP contribution in [-0.4, -0.2) is 56.9 Å². The van der Waals surface area contributed by atoms with Crippen molar-refractivity contribution in [3.63, 3.8) is 0 Å². The van der Waals surface area contributed by atoms with Crippen LogP contribution in [0, 0.1) is 6.92 Å². The Kier molecular flexibility index (Phi) is 7.69. The molecule has 0 bridgehead atoms. The van der Waals surface area contributed by atoms with Gasteiger partial charge in [-0.25, -0.2) is 4.98 Å². The van der Waals surface area contributed by atoms with Crippen LogP contribution in [-0.2, 0) is 11.3 Å². The Labute approximate surface area is 173 Å². The highest BCUT2D eigenvalue weighted by atomic mass is 16.5. The molecular formula is C22H31N5O2. The number of pyridine rings is 1. The van der Waals surface area contributed by atoms with Gasteiger partial charge in [0.2, 0.25) is 0 Å². The van der Waals surface area contributed by atoms with E-state index in [2.05, 4.69) is 51.5 Å². The molecule has 29 heavy (non-hydrogen) atoms. The Bertz CT molecular complexity index is 777. The van der Waals surface area contributed by atoms with Crippen molar-refractivity contribution in [1.82, 2.24) is 15.6 Å². The number of hydrogen-bond donors (Lipinski definition) is 2.